The fourth-order valence-corrected chi connectivity index (χ4v) is 3.77. The van der Waals surface area contributed by atoms with E-state index in [4.69, 9.17) is 16.2 Å². The molecule has 2 heterocycles. The van der Waals surface area contributed by atoms with Gasteiger partial charge in [0, 0.05) is 35.0 Å². The Morgan fingerprint density at radius 2 is 1.84 bits per heavy atom. The Labute approximate surface area is 182 Å². The summed E-state index contributed by atoms with van der Waals surface area (Å²) in [6, 6.07) is 3.80. The number of aromatic nitrogens is 3. The number of rotatable bonds is 9. The summed E-state index contributed by atoms with van der Waals surface area (Å²) in [4.78, 5) is 36.8. The van der Waals surface area contributed by atoms with E-state index in [1.807, 2.05) is 39.0 Å². The number of hydrogen-bond acceptors (Lipinski definition) is 7. The van der Waals surface area contributed by atoms with Crippen LogP contribution in [0.1, 0.15) is 53.9 Å². The van der Waals surface area contributed by atoms with Gasteiger partial charge in [0.2, 0.25) is 11.9 Å². The molecule has 1 aliphatic carbocycles. The summed E-state index contributed by atoms with van der Waals surface area (Å²) < 4.78 is 5.42. The Bertz CT molecular complexity index is 972. The number of ether oxygens (including phenoxy) is 1. The number of allylic oxidation sites excluding steroid dienone is 1. The maximum absolute atomic E-state index is 13.2. The lowest BCUT2D eigenvalue weighted by molar-refractivity contribution is -0.128. The van der Waals surface area contributed by atoms with Crippen LogP contribution in [0.2, 0.25) is 0 Å². The fourth-order valence-electron chi connectivity index (χ4n) is 3.77. The Kier molecular flexibility index (Phi) is 7.12. The van der Waals surface area contributed by atoms with Crippen molar-refractivity contribution in [1.82, 2.24) is 15.0 Å². The predicted molar refractivity (Wildman–Crippen MR) is 119 cm³/mol. The summed E-state index contributed by atoms with van der Waals surface area (Å²) in [5.74, 6) is 0.206. The fraction of sp³-hybridized carbons (Fsp3) is 0.435. The second-order valence-corrected chi connectivity index (χ2v) is 8.11. The van der Waals surface area contributed by atoms with Gasteiger partial charge in [0.15, 0.2) is 5.78 Å². The van der Waals surface area contributed by atoms with Crippen molar-refractivity contribution >= 4 is 29.3 Å². The Hall–Kier alpha value is -3.13. The van der Waals surface area contributed by atoms with Gasteiger partial charge in [-0.15, -0.1) is 0 Å². The summed E-state index contributed by atoms with van der Waals surface area (Å²) in [6.45, 7) is 5.57. The van der Waals surface area contributed by atoms with Gasteiger partial charge in [-0.1, -0.05) is 6.07 Å². The zero-order valence-electron chi connectivity index (χ0n) is 18.2. The lowest BCUT2D eigenvalue weighted by Gasteiger charge is -2.34. The number of Topliss-reactive ketones (excluding diaryl/α,β-unsaturated/α-hetero) is 1. The highest BCUT2D eigenvalue weighted by Crippen LogP contribution is 2.34. The van der Waals surface area contributed by atoms with Gasteiger partial charge in [-0.3, -0.25) is 14.6 Å². The number of nitrogen functional groups attached to an aromatic ring is 1. The molecule has 0 spiro atoms. The monoisotopic (exact) mass is 423 g/mol. The van der Waals surface area contributed by atoms with Crippen molar-refractivity contribution in [1.29, 1.82) is 0 Å². The average Bonchev–Trinajstić information content (AvgIpc) is 2.66. The first kappa shape index (κ1) is 22.6. The third-order valence-electron chi connectivity index (χ3n) is 5.59. The molecule has 1 aliphatic rings. The topological polar surface area (TPSA) is 134 Å². The Morgan fingerprint density at radius 1 is 1.16 bits per heavy atom. The molecule has 1 saturated carbocycles. The highest BCUT2D eigenvalue weighted by atomic mass is 16.5. The maximum atomic E-state index is 13.2. The zero-order chi connectivity index (χ0) is 22.5. The van der Waals surface area contributed by atoms with E-state index in [1.165, 1.54) is 0 Å². The summed E-state index contributed by atoms with van der Waals surface area (Å²) in [7, 11) is 0. The first-order valence-corrected chi connectivity index (χ1v) is 10.4. The van der Waals surface area contributed by atoms with E-state index in [0.717, 1.165) is 47.5 Å². The molecule has 1 amide bonds. The molecule has 31 heavy (non-hydrogen) atoms. The summed E-state index contributed by atoms with van der Waals surface area (Å²) in [5, 5.41) is 0. The highest BCUT2D eigenvalue weighted by molar-refractivity contribution is 6.25. The Morgan fingerprint density at radius 3 is 2.42 bits per heavy atom. The minimum absolute atomic E-state index is 0.0442. The van der Waals surface area contributed by atoms with Crippen molar-refractivity contribution in [3.8, 4) is 0 Å². The second-order valence-electron chi connectivity index (χ2n) is 8.11. The van der Waals surface area contributed by atoms with Gasteiger partial charge in [-0.2, -0.15) is 0 Å². The van der Waals surface area contributed by atoms with Crippen LogP contribution in [0, 0.1) is 26.7 Å². The molecule has 8 nitrogen and oxygen atoms in total. The van der Waals surface area contributed by atoms with Crippen molar-refractivity contribution < 1.29 is 14.3 Å². The number of aryl methyl sites for hydroxylation is 3. The number of ketones is 1. The minimum atomic E-state index is -0.461. The maximum Gasteiger partial charge on any atom is 0.243 e. The molecule has 2 aromatic heterocycles. The highest BCUT2D eigenvalue weighted by Gasteiger charge is 2.30. The number of nitrogens with two attached hydrogens (primary N) is 2. The van der Waals surface area contributed by atoms with Crippen LogP contribution in [0.25, 0.3) is 11.6 Å². The first-order chi connectivity index (χ1) is 14.7. The average molecular weight is 424 g/mol. The molecule has 0 bridgehead atoms. The number of carbonyl (C=O) groups is 2. The molecule has 0 aromatic carbocycles. The van der Waals surface area contributed by atoms with Gasteiger partial charge in [0.25, 0.3) is 0 Å². The van der Waals surface area contributed by atoms with Gasteiger partial charge in [-0.25, -0.2) is 9.97 Å². The lowest BCUT2D eigenvalue weighted by atomic mass is 9.78. The molecule has 0 unspecified atom stereocenters. The van der Waals surface area contributed by atoms with Crippen LogP contribution in [0.3, 0.4) is 0 Å². The van der Waals surface area contributed by atoms with Crippen molar-refractivity contribution in [3.63, 3.8) is 0 Å². The van der Waals surface area contributed by atoms with Crippen molar-refractivity contribution in [3.05, 3.63) is 46.5 Å². The van der Waals surface area contributed by atoms with Crippen LogP contribution in [-0.4, -0.2) is 39.4 Å². The molecule has 0 aliphatic heterocycles. The normalized spacial score (nSPS) is 18.5. The van der Waals surface area contributed by atoms with Gasteiger partial charge < -0.3 is 16.2 Å². The van der Waals surface area contributed by atoms with Gasteiger partial charge in [0.1, 0.15) is 6.61 Å². The SMILES string of the molecule is Cc1ccc(/C(=C/c2c(C)nc(N)nc2C)C(=O)CCC2CC(OCC(N)=O)C2)cn1. The molecule has 4 N–H and O–H groups in total. The number of amides is 1. The number of carbonyl (C=O) groups excluding carboxylic acids is 2. The van der Waals surface area contributed by atoms with E-state index < -0.39 is 5.91 Å². The van der Waals surface area contributed by atoms with Crippen LogP contribution >= 0.6 is 0 Å². The molecule has 164 valence electrons. The van der Waals surface area contributed by atoms with Crippen molar-refractivity contribution in [2.45, 2.75) is 52.6 Å². The number of nitrogens with zero attached hydrogens (tertiary/aromatic N) is 3. The van der Waals surface area contributed by atoms with Crippen LogP contribution in [0.15, 0.2) is 18.3 Å². The summed E-state index contributed by atoms with van der Waals surface area (Å²) >= 11 is 0. The van der Waals surface area contributed by atoms with Crippen molar-refractivity contribution in [2.24, 2.45) is 11.7 Å². The first-order valence-electron chi connectivity index (χ1n) is 10.4. The second kappa shape index (κ2) is 9.78. The lowest BCUT2D eigenvalue weighted by Crippen LogP contribution is -2.34. The summed E-state index contributed by atoms with van der Waals surface area (Å²) in [5.41, 5.74) is 15.3. The third-order valence-corrected chi connectivity index (χ3v) is 5.59. The smallest absolute Gasteiger partial charge is 0.243 e. The molecular weight excluding hydrogens is 394 g/mol. The van der Waals surface area contributed by atoms with Gasteiger partial charge in [-0.05, 0) is 58.1 Å². The number of primary amides is 1. The molecule has 0 atom stereocenters. The van der Waals surface area contributed by atoms with E-state index in [2.05, 4.69) is 15.0 Å². The summed E-state index contributed by atoms with van der Waals surface area (Å²) in [6.07, 6.45) is 6.49. The molecular formula is C23H29N5O3. The van der Waals surface area contributed by atoms with E-state index >= 15 is 0 Å². The van der Waals surface area contributed by atoms with E-state index in [0.29, 0.717) is 17.9 Å². The number of anilines is 1. The van der Waals surface area contributed by atoms with Gasteiger partial charge >= 0.3 is 0 Å². The van der Waals surface area contributed by atoms with Crippen LogP contribution in [0.4, 0.5) is 5.95 Å². The number of pyridine rings is 1. The third kappa shape index (κ3) is 5.95. The van der Waals surface area contributed by atoms with E-state index in [9.17, 15) is 9.59 Å². The van der Waals surface area contributed by atoms with Gasteiger partial charge in [0.05, 0.1) is 17.5 Å². The molecule has 1 fully saturated rings. The molecule has 2 aromatic rings. The molecule has 3 rings (SSSR count). The van der Waals surface area contributed by atoms with E-state index in [-0.39, 0.29) is 24.4 Å². The molecule has 0 radical (unpaired) electrons. The van der Waals surface area contributed by atoms with Crippen LogP contribution < -0.4 is 11.5 Å². The van der Waals surface area contributed by atoms with Crippen molar-refractivity contribution in [2.75, 3.05) is 12.3 Å². The zero-order valence-corrected chi connectivity index (χ0v) is 18.2. The predicted octanol–water partition coefficient (Wildman–Crippen LogP) is 2.55. The molecule has 8 heteroatoms. The van der Waals surface area contributed by atoms with Crippen LogP contribution in [-0.2, 0) is 14.3 Å². The minimum Gasteiger partial charge on any atom is -0.368 e. The van der Waals surface area contributed by atoms with E-state index in [1.54, 1.807) is 6.20 Å². The largest absolute Gasteiger partial charge is 0.368 e. The number of hydrogen-bond donors (Lipinski definition) is 2. The standard InChI is InChI=1S/C23H29N5O3/c1-13-4-6-17(11-26-13)20(10-19-14(2)27-23(25)28-15(19)3)21(29)7-5-16-8-18(9-16)31-12-22(24)30/h4,6,10-11,16,18H,5,7-9,12H2,1-3H3,(H2,24,30)(H2,25,27,28)/b20-10-. The Balaban J connectivity index is 1.74. The molecule has 0 saturated heterocycles. The quantitative estimate of drug-likeness (QED) is 0.592. The van der Waals surface area contributed by atoms with Crippen LogP contribution in [0.5, 0.6) is 0 Å².